The number of benzene rings is 1. The van der Waals surface area contributed by atoms with Gasteiger partial charge in [0.05, 0.1) is 6.20 Å². The quantitative estimate of drug-likeness (QED) is 0.682. The molecule has 0 radical (unpaired) electrons. The Hall–Kier alpha value is -2.14. The molecule has 6 heteroatoms. The average Bonchev–Trinajstić information content (AvgIpc) is 2.63. The molecule has 25 heavy (non-hydrogen) atoms. The van der Waals surface area contributed by atoms with E-state index in [1.807, 2.05) is 18.2 Å². The second kappa shape index (κ2) is 9.37. The maximum absolute atomic E-state index is 6.00. The molecule has 0 aliphatic heterocycles. The Bertz CT molecular complexity index is 716. The first-order valence-corrected chi connectivity index (χ1v) is 9.27. The predicted octanol–water partition coefficient (Wildman–Crippen LogP) is 4.48. The summed E-state index contributed by atoms with van der Waals surface area (Å²) in [6.07, 6.45) is 11.0. The highest BCUT2D eigenvalue weighted by Crippen LogP contribution is 2.19. The van der Waals surface area contributed by atoms with Crippen LogP contribution in [0.4, 0.5) is 11.8 Å². The van der Waals surface area contributed by atoms with Gasteiger partial charge < -0.3 is 10.6 Å². The van der Waals surface area contributed by atoms with Crippen LogP contribution >= 0.6 is 11.6 Å². The number of nitrogens with one attached hydrogen (secondary N) is 2. The van der Waals surface area contributed by atoms with Gasteiger partial charge in [-0.05, 0) is 56.2 Å². The zero-order valence-electron chi connectivity index (χ0n) is 14.3. The molecule has 132 valence electrons. The lowest BCUT2D eigenvalue weighted by atomic mass is 9.97. The van der Waals surface area contributed by atoms with Crippen LogP contribution in [0.1, 0.15) is 37.7 Å². The highest BCUT2D eigenvalue weighted by Gasteiger charge is 2.05. The normalized spacial score (nSPS) is 14.0. The maximum Gasteiger partial charge on any atom is 0.244 e. The van der Waals surface area contributed by atoms with Crippen molar-refractivity contribution in [3.63, 3.8) is 0 Å². The first kappa shape index (κ1) is 17.7. The molecule has 0 saturated carbocycles. The van der Waals surface area contributed by atoms with Crippen molar-refractivity contribution in [1.29, 1.82) is 0 Å². The topological polar surface area (TPSA) is 62.7 Å². The van der Waals surface area contributed by atoms with E-state index in [2.05, 4.69) is 38.0 Å². The van der Waals surface area contributed by atoms with E-state index in [1.54, 1.807) is 11.8 Å². The smallest absolute Gasteiger partial charge is 0.244 e. The number of aromatic nitrogens is 3. The number of rotatable bonds is 8. The Balaban J connectivity index is 1.43. The summed E-state index contributed by atoms with van der Waals surface area (Å²) in [5, 5.41) is 15.4. The van der Waals surface area contributed by atoms with E-state index in [-0.39, 0.29) is 0 Å². The minimum absolute atomic E-state index is 0.573. The maximum atomic E-state index is 6.00. The molecule has 1 aliphatic carbocycles. The number of hydrogen-bond donors (Lipinski definition) is 2. The van der Waals surface area contributed by atoms with Crippen LogP contribution in [0.15, 0.2) is 42.1 Å². The summed E-state index contributed by atoms with van der Waals surface area (Å²) in [7, 11) is 0. The number of allylic oxidation sites excluding steroid dienone is 1. The Labute approximate surface area is 153 Å². The van der Waals surface area contributed by atoms with Gasteiger partial charge in [0.1, 0.15) is 0 Å². The van der Waals surface area contributed by atoms with Gasteiger partial charge in [0.15, 0.2) is 5.82 Å². The SMILES string of the molecule is Clc1cccc(CCNc2cnnc(NCCC3=CCCCC3)n2)c1. The van der Waals surface area contributed by atoms with Crippen LogP contribution in [-0.4, -0.2) is 28.3 Å². The Morgan fingerprint density at radius 2 is 2.00 bits per heavy atom. The first-order valence-electron chi connectivity index (χ1n) is 8.89. The molecule has 0 amide bonds. The third-order valence-corrected chi connectivity index (χ3v) is 4.52. The third-order valence-electron chi connectivity index (χ3n) is 4.28. The number of halogens is 1. The fourth-order valence-corrected chi connectivity index (χ4v) is 3.17. The monoisotopic (exact) mass is 357 g/mol. The number of anilines is 2. The van der Waals surface area contributed by atoms with Crippen molar-refractivity contribution in [2.24, 2.45) is 0 Å². The number of nitrogens with zero attached hydrogens (tertiary/aromatic N) is 3. The van der Waals surface area contributed by atoms with Crippen LogP contribution < -0.4 is 10.6 Å². The average molecular weight is 358 g/mol. The zero-order chi connectivity index (χ0) is 17.3. The van der Waals surface area contributed by atoms with Gasteiger partial charge in [0.2, 0.25) is 5.95 Å². The molecule has 1 aliphatic rings. The van der Waals surface area contributed by atoms with Crippen molar-refractivity contribution in [2.45, 2.75) is 38.5 Å². The van der Waals surface area contributed by atoms with Crippen molar-refractivity contribution >= 4 is 23.4 Å². The summed E-state index contributed by atoms with van der Waals surface area (Å²) >= 11 is 6.00. The van der Waals surface area contributed by atoms with E-state index in [0.29, 0.717) is 5.95 Å². The molecule has 3 rings (SSSR count). The van der Waals surface area contributed by atoms with Gasteiger partial charge in [0, 0.05) is 18.1 Å². The van der Waals surface area contributed by atoms with Crippen LogP contribution in [0.5, 0.6) is 0 Å². The van der Waals surface area contributed by atoms with E-state index in [0.717, 1.165) is 36.8 Å². The van der Waals surface area contributed by atoms with E-state index in [9.17, 15) is 0 Å². The predicted molar refractivity (Wildman–Crippen MR) is 103 cm³/mol. The molecule has 0 spiro atoms. The highest BCUT2D eigenvalue weighted by atomic mass is 35.5. The lowest BCUT2D eigenvalue weighted by Crippen LogP contribution is -2.11. The molecule has 0 bridgehead atoms. The van der Waals surface area contributed by atoms with Gasteiger partial charge in [-0.25, -0.2) is 0 Å². The van der Waals surface area contributed by atoms with Crippen molar-refractivity contribution in [1.82, 2.24) is 15.2 Å². The highest BCUT2D eigenvalue weighted by molar-refractivity contribution is 6.30. The molecule has 2 aromatic rings. The van der Waals surface area contributed by atoms with E-state index >= 15 is 0 Å². The summed E-state index contributed by atoms with van der Waals surface area (Å²) < 4.78 is 0. The Kier molecular flexibility index (Phi) is 6.63. The van der Waals surface area contributed by atoms with Gasteiger partial charge in [-0.3, -0.25) is 0 Å². The van der Waals surface area contributed by atoms with Crippen molar-refractivity contribution in [2.75, 3.05) is 23.7 Å². The lowest BCUT2D eigenvalue weighted by molar-refractivity contribution is 0.678. The van der Waals surface area contributed by atoms with E-state index < -0.39 is 0 Å². The van der Waals surface area contributed by atoms with Crippen LogP contribution in [0, 0.1) is 0 Å². The number of hydrogen-bond acceptors (Lipinski definition) is 5. The molecule has 0 fully saturated rings. The molecule has 0 unspecified atom stereocenters. The van der Waals surface area contributed by atoms with Crippen molar-refractivity contribution in [3.05, 3.63) is 52.7 Å². The van der Waals surface area contributed by atoms with Crippen LogP contribution in [-0.2, 0) is 6.42 Å². The minimum atomic E-state index is 0.573. The van der Waals surface area contributed by atoms with E-state index in [1.165, 1.54) is 31.2 Å². The van der Waals surface area contributed by atoms with Crippen LogP contribution in [0.2, 0.25) is 5.02 Å². The molecule has 0 atom stereocenters. The molecule has 1 aromatic carbocycles. The van der Waals surface area contributed by atoms with Gasteiger partial charge in [0.25, 0.3) is 0 Å². The standard InChI is InChI=1S/C19H24ClN5/c20-17-8-4-7-16(13-17)10-11-21-18-14-23-25-19(24-18)22-12-9-15-5-2-1-3-6-15/h4-5,7-8,13-14H,1-3,6,9-12H2,(H2,21,22,24,25). The summed E-state index contributed by atoms with van der Waals surface area (Å²) in [6, 6.07) is 7.90. The van der Waals surface area contributed by atoms with Gasteiger partial charge in [-0.1, -0.05) is 35.4 Å². The first-order chi connectivity index (χ1) is 12.3. The summed E-state index contributed by atoms with van der Waals surface area (Å²) in [5.74, 6) is 1.31. The molecular formula is C19H24ClN5. The van der Waals surface area contributed by atoms with Crippen LogP contribution in [0.25, 0.3) is 0 Å². The van der Waals surface area contributed by atoms with Gasteiger partial charge in [-0.15, -0.1) is 5.10 Å². The molecule has 0 saturated heterocycles. The summed E-state index contributed by atoms with van der Waals surface area (Å²) in [6.45, 7) is 1.62. The van der Waals surface area contributed by atoms with Gasteiger partial charge >= 0.3 is 0 Å². The van der Waals surface area contributed by atoms with Crippen molar-refractivity contribution < 1.29 is 0 Å². The fourth-order valence-electron chi connectivity index (χ4n) is 2.96. The van der Waals surface area contributed by atoms with E-state index in [4.69, 9.17) is 11.6 Å². The zero-order valence-corrected chi connectivity index (χ0v) is 15.1. The molecule has 1 aromatic heterocycles. The molecule has 5 nitrogen and oxygen atoms in total. The van der Waals surface area contributed by atoms with Crippen molar-refractivity contribution in [3.8, 4) is 0 Å². The second-order valence-corrected chi connectivity index (χ2v) is 6.69. The van der Waals surface area contributed by atoms with Gasteiger partial charge in [-0.2, -0.15) is 10.1 Å². The fraction of sp³-hybridized carbons (Fsp3) is 0.421. The molecular weight excluding hydrogens is 334 g/mol. The largest absolute Gasteiger partial charge is 0.368 e. The summed E-state index contributed by atoms with van der Waals surface area (Å²) in [5.41, 5.74) is 2.74. The van der Waals surface area contributed by atoms with Crippen LogP contribution in [0.3, 0.4) is 0 Å². The lowest BCUT2D eigenvalue weighted by Gasteiger charge is -2.13. The minimum Gasteiger partial charge on any atom is -0.368 e. The summed E-state index contributed by atoms with van der Waals surface area (Å²) in [4.78, 5) is 4.46. The Morgan fingerprint density at radius 3 is 2.84 bits per heavy atom. The third kappa shape index (κ3) is 6.02. The molecule has 2 N–H and O–H groups in total. The molecule has 1 heterocycles. The Morgan fingerprint density at radius 1 is 1.08 bits per heavy atom. The second-order valence-electron chi connectivity index (χ2n) is 6.26.